The fourth-order valence-corrected chi connectivity index (χ4v) is 2.13. The number of hydrogen-bond donors (Lipinski definition) is 1. The molecule has 7 heteroatoms. The molecule has 1 N–H and O–H groups in total. The number of benzene rings is 1. The number of allylic oxidation sites excluding steroid dienone is 2. The first-order valence-electron chi connectivity index (χ1n) is 7.14. The number of alkyl halides is 3. The highest BCUT2D eigenvalue weighted by molar-refractivity contribution is 5.81. The van der Waals surface area contributed by atoms with Crippen LogP contribution in [-0.2, 0) is 11.2 Å². The minimum atomic E-state index is -4.91. The summed E-state index contributed by atoms with van der Waals surface area (Å²) in [4.78, 5) is 11.0. The number of nitrogens with one attached hydrogen (secondary N) is 1. The Morgan fingerprint density at radius 3 is 2.42 bits per heavy atom. The highest BCUT2D eigenvalue weighted by atomic mass is 19.4. The minimum absolute atomic E-state index is 0.160. The number of hydrogen-bond acceptors (Lipinski definition) is 3. The van der Waals surface area contributed by atoms with E-state index in [1.54, 1.807) is 30.4 Å². The Morgan fingerprint density at radius 1 is 1.29 bits per heavy atom. The standard InChI is InChI=1S/C17H20F3NO3/c1-5-6-7-12-9-15(24-4)13(10-14(12)23-3)8-11(2)21-16(22)17(18,19)20/h5-7,9-11H,1,8H2,2-4H3,(H,21,22). The third kappa shape index (κ3) is 5.33. The van der Waals surface area contributed by atoms with Gasteiger partial charge in [0.05, 0.1) is 14.2 Å². The Balaban J connectivity index is 3.04. The van der Waals surface area contributed by atoms with E-state index in [0.717, 1.165) is 5.56 Å². The topological polar surface area (TPSA) is 47.6 Å². The summed E-state index contributed by atoms with van der Waals surface area (Å²) in [6.07, 6.45) is 0.354. The molecular weight excluding hydrogens is 323 g/mol. The third-order valence-electron chi connectivity index (χ3n) is 3.21. The molecule has 1 aromatic carbocycles. The normalized spacial score (nSPS) is 12.8. The van der Waals surface area contributed by atoms with Crippen LogP contribution in [0.3, 0.4) is 0 Å². The highest BCUT2D eigenvalue weighted by Crippen LogP contribution is 2.31. The molecule has 0 aromatic heterocycles. The van der Waals surface area contributed by atoms with Crippen molar-refractivity contribution in [1.29, 1.82) is 0 Å². The molecule has 0 heterocycles. The summed E-state index contributed by atoms with van der Waals surface area (Å²) in [7, 11) is 2.96. The predicted molar refractivity (Wildman–Crippen MR) is 86.1 cm³/mol. The van der Waals surface area contributed by atoms with Crippen LogP contribution < -0.4 is 14.8 Å². The maximum atomic E-state index is 12.3. The minimum Gasteiger partial charge on any atom is -0.496 e. The van der Waals surface area contributed by atoms with Gasteiger partial charge in [0, 0.05) is 11.6 Å². The molecule has 24 heavy (non-hydrogen) atoms. The Hall–Kier alpha value is -2.44. The first-order valence-corrected chi connectivity index (χ1v) is 7.14. The SMILES string of the molecule is C=CC=Cc1cc(OC)c(CC(C)NC(=O)C(F)(F)F)cc1OC. The van der Waals surface area contributed by atoms with Gasteiger partial charge < -0.3 is 14.8 Å². The van der Waals surface area contributed by atoms with Gasteiger partial charge in [-0.2, -0.15) is 13.2 Å². The van der Waals surface area contributed by atoms with Crippen molar-refractivity contribution in [3.8, 4) is 11.5 Å². The largest absolute Gasteiger partial charge is 0.496 e. The Kier molecular flexibility index (Phi) is 6.88. The lowest BCUT2D eigenvalue weighted by atomic mass is 10.0. The summed E-state index contributed by atoms with van der Waals surface area (Å²) < 4.78 is 47.5. The molecule has 0 bridgehead atoms. The lowest BCUT2D eigenvalue weighted by Crippen LogP contribution is -2.42. The van der Waals surface area contributed by atoms with E-state index in [9.17, 15) is 18.0 Å². The summed E-state index contributed by atoms with van der Waals surface area (Å²) in [6, 6.07) is 2.66. The molecule has 0 radical (unpaired) electrons. The van der Waals surface area contributed by atoms with Gasteiger partial charge in [0.2, 0.25) is 0 Å². The Bertz CT molecular complexity index is 624. The van der Waals surface area contributed by atoms with E-state index in [4.69, 9.17) is 9.47 Å². The van der Waals surface area contributed by atoms with Gasteiger partial charge in [0.25, 0.3) is 0 Å². The van der Waals surface area contributed by atoms with Crippen LogP contribution >= 0.6 is 0 Å². The van der Waals surface area contributed by atoms with Crippen LogP contribution in [0.2, 0.25) is 0 Å². The summed E-state index contributed by atoms with van der Waals surface area (Å²) in [5, 5.41) is 1.92. The van der Waals surface area contributed by atoms with Gasteiger partial charge in [-0.15, -0.1) is 0 Å². The zero-order valence-electron chi connectivity index (χ0n) is 13.7. The number of carbonyl (C=O) groups excluding carboxylic acids is 1. The average molecular weight is 343 g/mol. The van der Waals surface area contributed by atoms with Gasteiger partial charge in [0.1, 0.15) is 11.5 Å². The molecule has 1 atom stereocenters. The Morgan fingerprint density at radius 2 is 1.92 bits per heavy atom. The predicted octanol–water partition coefficient (Wildman–Crippen LogP) is 3.51. The third-order valence-corrected chi connectivity index (χ3v) is 3.21. The Labute approximate surface area is 139 Å². The van der Waals surface area contributed by atoms with Crippen molar-refractivity contribution in [2.45, 2.75) is 25.6 Å². The second kappa shape index (κ2) is 8.42. The summed E-state index contributed by atoms with van der Waals surface area (Å²) in [6.45, 7) is 5.07. The van der Waals surface area contributed by atoms with Crippen molar-refractivity contribution in [2.24, 2.45) is 0 Å². The second-order valence-electron chi connectivity index (χ2n) is 5.08. The van der Waals surface area contributed by atoms with Crippen LogP contribution in [0.15, 0.2) is 30.9 Å². The first kappa shape index (κ1) is 19.6. The zero-order valence-corrected chi connectivity index (χ0v) is 13.7. The van der Waals surface area contributed by atoms with E-state index < -0.39 is 18.1 Å². The van der Waals surface area contributed by atoms with Crippen LogP contribution in [0.4, 0.5) is 13.2 Å². The molecule has 0 saturated heterocycles. The fraction of sp³-hybridized carbons (Fsp3) is 0.353. The van der Waals surface area contributed by atoms with E-state index in [1.165, 1.54) is 21.1 Å². The lowest BCUT2D eigenvalue weighted by Gasteiger charge is -2.18. The van der Waals surface area contributed by atoms with Gasteiger partial charge in [-0.1, -0.05) is 24.8 Å². The van der Waals surface area contributed by atoms with Crippen LogP contribution in [0.25, 0.3) is 6.08 Å². The maximum absolute atomic E-state index is 12.3. The van der Waals surface area contributed by atoms with E-state index in [2.05, 4.69) is 6.58 Å². The van der Waals surface area contributed by atoms with E-state index in [1.807, 2.05) is 5.32 Å². The van der Waals surface area contributed by atoms with Crippen molar-refractivity contribution in [2.75, 3.05) is 14.2 Å². The number of carbonyl (C=O) groups is 1. The van der Waals surface area contributed by atoms with Crippen molar-refractivity contribution in [3.05, 3.63) is 42.0 Å². The maximum Gasteiger partial charge on any atom is 0.471 e. The smallest absolute Gasteiger partial charge is 0.471 e. The van der Waals surface area contributed by atoms with Crippen molar-refractivity contribution >= 4 is 12.0 Å². The van der Waals surface area contributed by atoms with Crippen LogP contribution in [-0.4, -0.2) is 32.3 Å². The van der Waals surface area contributed by atoms with Crippen LogP contribution in [0.5, 0.6) is 11.5 Å². The summed E-state index contributed by atoms with van der Waals surface area (Å²) in [5.74, 6) is -0.933. The molecule has 0 fully saturated rings. The molecule has 1 unspecified atom stereocenters. The molecule has 0 aliphatic rings. The van der Waals surface area contributed by atoms with E-state index in [-0.39, 0.29) is 6.42 Å². The number of rotatable bonds is 7. The van der Waals surface area contributed by atoms with Gasteiger partial charge in [-0.05, 0) is 31.0 Å². The second-order valence-corrected chi connectivity index (χ2v) is 5.08. The number of amides is 1. The molecule has 0 spiro atoms. The quantitative estimate of drug-likeness (QED) is 0.771. The number of ether oxygens (including phenoxy) is 2. The fourth-order valence-electron chi connectivity index (χ4n) is 2.13. The molecule has 0 aliphatic heterocycles. The molecule has 132 valence electrons. The number of methoxy groups -OCH3 is 2. The molecule has 0 aliphatic carbocycles. The summed E-state index contributed by atoms with van der Waals surface area (Å²) >= 11 is 0. The lowest BCUT2D eigenvalue weighted by molar-refractivity contribution is -0.174. The van der Waals surface area contributed by atoms with E-state index >= 15 is 0 Å². The van der Waals surface area contributed by atoms with Gasteiger partial charge >= 0.3 is 12.1 Å². The van der Waals surface area contributed by atoms with E-state index in [0.29, 0.717) is 17.1 Å². The van der Waals surface area contributed by atoms with Gasteiger partial charge in [-0.3, -0.25) is 4.79 Å². The highest BCUT2D eigenvalue weighted by Gasteiger charge is 2.39. The van der Waals surface area contributed by atoms with Crippen LogP contribution in [0.1, 0.15) is 18.1 Å². The summed E-state index contributed by atoms with van der Waals surface area (Å²) in [5.41, 5.74) is 1.37. The first-order chi connectivity index (χ1) is 11.2. The zero-order chi connectivity index (χ0) is 18.3. The molecule has 1 aromatic rings. The van der Waals surface area contributed by atoms with Crippen molar-refractivity contribution in [1.82, 2.24) is 5.32 Å². The van der Waals surface area contributed by atoms with Crippen LogP contribution in [0, 0.1) is 0 Å². The monoisotopic (exact) mass is 343 g/mol. The molecule has 1 rings (SSSR count). The van der Waals surface area contributed by atoms with Gasteiger partial charge in [0.15, 0.2) is 0 Å². The molecule has 0 saturated carbocycles. The van der Waals surface area contributed by atoms with Crippen molar-refractivity contribution in [3.63, 3.8) is 0 Å². The molecule has 4 nitrogen and oxygen atoms in total. The molecule has 1 amide bonds. The van der Waals surface area contributed by atoms with Gasteiger partial charge in [-0.25, -0.2) is 0 Å². The number of halogens is 3. The van der Waals surface area contributed by atoms with Crippen molar-refractivity contribution < 1.29 is 27.4 Å². The average Bonchev–Trinajstić information content (AvgIpc) is 2.51. The molecular formula is C17H20F3NO3.